The summed E-state index contributed by atoms with van der Waals surface area (Å²) in [6.07, 6.45) is 47.6. The molecule has 428 valence electrons. The lowest BCUT2D eigenvalue weighted by molar-refractivity contribution is -0.332. The minimum absolute atomic E-state index is 0.0142. The monoisotopic (exact) mass is 1060 g/mol. The van der Waals surface area contributed by atoms with E-state index in [1.54, 1.807) is 6.08 Å². The summed E-state index contributed by atoms with van der Waals surface area (Å²) in [6.45, 7) is 3.31. The number of esters is 1. The number of aliphatic hydroxyl groups is 7. The van der Waals surface area contributed by atoms with Crippen molar-refractivity contribution in [1.82, 2.24) is 0 Å². The molecule has 14 heteroatoms. The van der Waals surface area contributed by atoms with Gasteiger partial charge in [-0.25, -0.2) is 0 Å². The number of carbonyl (C=O) groups excluding carboxylic acids is 1. The minimum atomic E-state index is -1.73. The highest BCUT2D eigenvalue weighted by atomic mass is 16.7. The molecule has 11 unspecified atom stereocenters. The molecule has 7 N–H and O–H groups in total. The van der Waals surface area contributed by atoms with Crippen LogP contribution in [-0.2, 0) is 33.2 Å². The van der Waals surface area contributed by atoms with E-state index in [1.165, 1.54) is 70.6 Å². The van der Waals surface area contributed by atoms with Crippen molar-refractivity contribution in [2.45, 2.75) is 235 Å². The average Bonchev–Trinajstić information content (AvgIpc) is 3.41. The highest BCUT2D eigenvalue weighted by Gasteiger charge is 2.47. The molecule has 2 fully saturated rings. The van der Waals surface area contributed by atoms with Gasteiger partial charge in [0.2, 0.25) is 0 Å². The Balaban J connectivity index is 1.72. The molecule has 2 saturated heterocycles. The maximum atomic E-state index is 13.0. The van der Waals surface area contributed by atoms with E-state index in [0.29, 0.717) is 13.0 Å². The number of hydrogen-bond acceptors (Lipinski definition) is 14. The van der Waals surface area contributed by atoms with Gasteiger partial charge in [-0.1, -0.05) is 194 Å². The minimum Gasteiger partial charge on any atom is -0.457 e. The van der Waals surface area contributed by atoms with Crippen molar-refractivity contribution in [3.8, 4) is 0 Å². The molecule has 0 aromatic heterocycles. The second kappa shape index (κ2) is 46.7. The van der Waals surface area contributed by atoms with Crippen molar-refractivity contribution in [3.63, 3.8) is 0 Å². The van der Waals surface area contributed by atoms with Gasteiger partial charge in [0.15, 0.2) is 12.6 Å². The van der Waals surface area contributed by atoms with E-state index >= 15 is 0 Å². The summed E-state index contributed by atoms with van der Waals surface area (Å²) < 4.78 is 34.2. The van der Waals surface area contributed by atoms with Crippen molar-refractivity contribution >= 4 is 5.97 Å². The van der Waals surface area contributed by atoms with Gasteiger partial charge < -0.3 is 64.2 Å². The molecule has 2 aliphatic rings. The summed E-state index contributed by atoms with van der Waals surface area (Å²) in [5, 5.41) is 72.3. The van der Waals surface area contributed by atoms with E-state index in [4.69, 9.17) is 28.4 Å². The Morgan fingerprint density at radius 2 is 0.827 bits per heavy atom. The third-order valence-electron chi connectivity index (χ3n) is 12.8. The molecule has 0 spiro atoms. The number of unbranched alkanes of at least 4 members (excludes halogenated alkanes) is 13. The lowest BCUT2D eigenvalue weighted by atomic mass is 9.98. The fourth-order valence-corrected chi connectivity index (χ4v) is 8.29. The maximum absolute atomic E-state index is 13.0. The van der Waals surface area contributed by atoms with Crippen LogP contribution in [0.15, 0.2) is 109 Å². The van der Waals surface area contributed by atoms with Gasteiger partial charge in [0.05, 0.1) is 32.8 Å². The number of carbonyl (C=O) groups is 1. The molecular weight excluding hydrogens is 957 g/mol. The Hall–Kier alpha value is -3.35. The summed E-state index contributed by atoms with van der Waals surface area (Å²) in [6, 6.07) is 0. The van der Waals surface area contributed by atoms with Gasteiger partial charge in [-0.3, -0.25) is 4.79 Å². The molecule has 2 heterocycles. The lowest BCUT2D eigenvalue weighted by Gasteiger charge is -2.42. The van der Waals surface area contributed by atoms with E-state index in [2.05, 4.69) is 105 Å². The first kappa shape index (κ1) is 67.8. The van der Waals surface area contributed by atoms with Gasteiger partial charge in [0.25, 0.3) is 0 Å². The largest absolute Gasteiger partial charge is 0.457 e. The molecule has 14 nitrogen and oxygen atoms in total. The first-order chi connectivity index (χ1) is 36.6. The smallest absolute Gasteiger partial charge is 0.310 e. The molecule has 2 aliphatic heterocycles. The van der Waals surface area contributed by atoms with E-state index in [0.717, 1.165) is 70.6 Å². The van der Waals surface area contributed by atoms with Gasteiger partial charge in [0.1, 0.15) is 54.9 Å². The van der Waals surface area contributed by atoms with E-state index in [9.17, 15) is 40.5 Å². The number of allylic oxidation sites excluding steroid dienone is 17. The highest BCUT2D eigenvalue weighted by Crippen LogP contribution is 2.26. The highest BCUT2D eigenvalue weighted by molar-refractivity contribution is 5.71. The number of rotatable bonds is 44. The Morgan fingerprint density at radius 3 is 1.29 bits per heavy atom. The maximum Gasteiger partial charge on any atom is 0.310 e. The molecule has 0 aliphatic carbocycles. The predicted octanol–water partition coefficient (Wildman–Crippen LogP) is 9.96. The van der Waals surface area contributed by atoms with Gasteiger partial charge >= 0.3 is 5.97 Å². The molecule has 0 aromatic rings. The van der Waals surface area contributed by atoms with E-state index < -0.39 is 86.7 Å². The summed E-state index contributed by atoms with van der Waals surface area (Å²) >= 11 is 0. The normalized spacial score (nSPS) is 25.5. The van der Waals surface area contributed by atoms with Crippen LogP contribution in [0.25, 0.3) is 0 Å². The second-order valence-corrected chi connectivity index (χ2v) is 19.4. The van der Waals surface area contributed by atoms with Gasteiger partial charge in [-0.05, 0) is 77.0 Å². The first-order valence-electron chi connectivity index (χ1n) is 28.5. The van der Waals surface area contributed by atoms with Crippen molar-refractivity contribution in [2.24, 2.45) is 0 Å². The third-order valence-corrected chi connectivity index (χ3v) is 12.8. The molecule has 2 rings (SSSR count). The van der Waals surface area contributed by atoms with Crippen molar-refractivity contribution < 1.29 is 69.0 Å². The fourth-order valence-electron chi connectivity index (χ4n) is 8.29. The van der Waals surface area contributed by atoms with Gasteiger partial charge in [0, 0.05) is 6.61 Å². The number of ether oxygens (including phenoxy) is 6. The topological polar surface area (TPSA) is 214 Å². The van der Waals surface area contributed by atoms with E-state index in [1.807, 2.05) is 12.2 Å². The van der Waals surface area contributed by atoms with E-state index in [-0.39, 0.29) is 19.6 Å². The predicted molar refractivity (Wildman–Crippen MR) is 297 cm³/mol. The Bertz CT molecular complexity index is 1650. The van der Waals surface area contributed by atoms with Gasteiger partial charge in [-0.2, -0.15) is 0 Å². The van der Waals surface area contributed by atoms with Crippen LogP contribution in [-0.4, -0.2) is 142 Å². The quantitative estimate of drug-likeness (QED) is 0.0172. The van der Waals surface area contributed by atoms with Crippen LogP contribution in [0.5, 0.6) is 0 Å². The van der Waals surface area contributed by atoms with Crippen molar-refractivity contribution in [2.75, 3.05) is 33.0 Å². The van der Waals surface area contributed by atoms with Crippen LogP contribution in [0.1, 0.15) is 168 Å². The summed E-state index contributed by atoms with van der Waals surface area (Å²) in [5.74, 6) is -0.506. The number of aliphatic hydroxyl groups excluding tert-OH is 7. The van der Waals surface area contributed by atoms with Crippen LogP contribution in [0.4, 0.5) is 0 Å². The zero-order valence-corrected chi connectivity index (χ0v) is 45.7. The Kier molecular flexibility index (Phi) is 42.2. The second-order valence-electron chi connectivity index (χ2n) is 19.4. The zero-order valence-electron chi connectivity index (χ0n) is 45.7. The van der Waals surface area contributed by atoms with Crippen LogP contribution in [0, 0.1) is 0 Å². The van der Waals surface area contributed by atoms with Crippen LogP contribution < -0.4 is 0 Å². The summed E-state index contributed by atoms with van der Waals surface area (Å²) in [5.41, 5.74) is 0. The van der Waals surface area contributed by atoms with Gasteiger partial charge in [-0.15, -0.1) is 0 Å². The Labute approximate surface area is 451 Å². The first-order valence-corrected chi connectivity index (χ1v) is 28.5. The molecule has 0 radical (unpaired) electrons. The van der Waals surface area contributed by atoms with Crippen LogP contribution in [0.2, 0.25) is 0 Å². The van der Waals surface area contributed by atoms with Crippen molar-refractivity contribution in [3.05, 3.63) is 109 Å². The molecule has 75 heavy (non-hydrogen) atoms. The SMILES string of the molecule is CC/C=C\C/C=C\C/C=C\C/C=C\C/C=C\CC(=O)OC(COCCCCCCCCCCCCCCC/C=C\C/C=C\C/C=C\C/C=C\CC)COC1OC(COC2OC(CO)C(O)C(O)C2O)C(O)C(O)C1O. The molecular formula is C61H100O14. The lowest BCUT2D eigenvalue weighted by Crippen LogP contribution is -2.61. The summed E-state index contributed by atoms with van der Waals surface area (Å²) in [4.78, 5) is 13.0. The number of hydrogen-bond donors (Lipinski definition) is 7. The van der Waals surface area contributed by atoms with Crippen LogP contribution >= 0.6 is 0 Å². The fraction of sp³-hybridized carbons (Fsp3) is 0.689. The average molecular weight is 1060 g/mol. The third kappa shape index (κ3) is 33.5. The Morgan fingerprint density at radius 1 is 0.440 bits per heavy atom. The summed E-state index contributed by atoms with van der Waals surface area (Å²) in [7, 11) is 0. The van der Waals surface area contributed by atoms with Crippen LogP contribution in [0.3, 0.4) is 0 Å². The molecule has 0 bridgehead atoms. The van der Waals surface area contributed by atoms with Crippen molar-refractivity contribution in [1.29, 1.82) is 0 Å². The standard InChI is InChI=1S/C61H100O14/c1-3-5-7-9-11-13-15-17-19-20-21-22-23-24-25-26-27-28-29-31-33-35-37-39-41-43-45-70-47-50(73-53(63)44-42-40-38-36-34-32-30-18-16-14-12-10-8-6-4-2)48-71-60-59(69)57(67)55(65)52(75-60)49-72-61-58(68)56(66)54(64)51(46-62)74-61/h5-8,11-14,17-19,21-22,30,34,36,40,42,50-52,54-62,64-69H,3-4,9-10,15-16,20,23-29,31-33,35,37-39,41,43-49H2,1-2H3/b7-5-,8-6-,13-11-,14-12-,19-17-,22-21-,30-18-,36-34-,42-40-. The molecule has 0 saturated carbocycles. The molecule has 0 aromatic carbocycles. The molecule has 11 atom stereocenters. The zero-order chi connectivity index (χ0) is 54.4. The molecule has 0 amide bonds.